The molecule has 0 radical (unpaired) electrons. The predicted octanol–water partition coefficient (Wildman–Crippen LogP) is 6.63. The van der Waals surface area contributed by atoms with E-state index in [1.165, 1.54) is 21.2 Å². The summed E-state index contributed by atoms with van der Waals surface area (Å²) in [5, 5.41) is 2.96. The van der Waals surface area contributed by atoms with E-state index in [1.807, 2.05) is 6.07 Å². The van der Waals surface area contributed by atoms with Crippen LogP contribution in [0.25, 0.3) is 5.70 Å². The summed E-state index contributed by atoms with van der Waals surface area (Å²) in [7, 11) is 0. The van der Waals surface area contributed by atoms with Crippen LogP contribution in [0.5, 0.6) is 0 Å². The molecule has 0 spiro atoms. The standard InChI is InChI=1S/C33H31NOSe2/c1-33(25-36-23-27-16-8-3-9-17-27)31(37-24-28-18-10-4-11-19-28)30(29-20-12-5-13-21-29)34(32(33)35)22-26-14-6-2-7-15-26/h2-21H,22-25H2,1H3. The van der Waals surface area contributed by atoms with E-state index in [0.717, 1.165) is 27.2 Å². The molecule has 2 nitrogen and oxygen atoms in total. The van der Waals surface area contributed by atoms with Gasteiger partial charge in [0.2, 0.25) is 0 Å². The molecular formula is C33H31NOSe2. The Morgan fingerprint density at radius 3 is 1.70 bits per heavy atom. The van der Waals surface area contributed by atoms with Crippen molar-refractivity contribution in [3.8, 4) is 0 Å². The Balaban J connectivity index is 1.53. The van der Waals surface area contributed by atoms with Crippen molar-refractivity contribution in [2.24, 2.45) is 5.41 Å². The third-order valence-corrected chi connectivity index (χ3v) is 12.4. The molecule has 0 saturated carbocycles. The Bertz CT molecular complexity index is 1340. The van der Waals surface area contributed by atoms with E-state index < -0.39 is 5.41 Å². The first-order chi connectivity index (χ1) is 18.1. The van der Waals surface area contributed by atoms with Gasteiger partial charge >= 0.3 is 234 Å². The molecule has 1 heterocycles. The Hall–Kier alpha value is -2.87. The monoisotopic (exact) mass is 617 g/mol. The van der Waals surface area contributed by atoms with E-state index in [0.29, 0.717) is 21.5 Å². The second kappa shape index (κ2) is 12.1. The Kier molecular flexibility index (Phi) is 8.44. The molecule has 0 bridgehead atoms. The molecule has 186 valence electrons. The average Bonchev–Trinajstić information content (AvgIpc) is 3.15. The Morgan fingerprint density at radius 2 is 1.14 bits per heavy atom. The quantitative estimate of drug-likeness (QED) is 0.184. The summed E-state index contributed by atoms with van der Waals surface area (Å²) in [6, 6.07) is 42.4. The zero-order valence-corrected chi connectivity index (χ0v) is 24.5. The SMILES string of the molecule is CC1(C[Se]Cc2ccccc2)C(=O)N(Cc2ccccc2)C(c2ccccc2)=C1[Se]Cc1ccccc1. The van der Waals surface area contributed by atoms with Gasteiger partial charge in [-0.15, -0.1) is 0 Å². The number of hydrogen-bond acceptors (Lipinski definition) is 1. The molecule has 5 rings (SSSR count). The summed E-state index contributed by atoms with van der Waals surface area (Å²) in [6.07, 6.45) is 0. The van der Waals surface area contributed by atoms with Crippen LogP contribution in [-0.4, -0.2) is 40.7 Å². The third-order valence-electron chi connectivity index (χ3n) is 6.66. The summed E-state index contributed by atoms with van der Waals surface area (Å²) in [5.74, 6) is 0.259. The number of amides is 1. The number of benzene rings is 4. The molecule has 1 atom stereocenters. The molecule has 0 aromatic heterocycles. The van der Waals surface area contributed by atoms with E-state index in [4.69, 9.17) is 0 Å². The van der Waals surface area contributed by atoms with Crippen molar-refractivity contribution in [3.05, 3.63) is 148 Å². The molecule has 0 fully saturated rings. The first-order valence-electron chi connectivity index (χ1n) is 12.6. The van der Waals surface area contributed by atoms with Crippen LogP contribution in [0.1, 0.15) is 29.2 Å². The van der Waals surface area contributed by atoms with Crippen molar-refractivity contribution >= 4 is 41.5 Å². The molecule has 1 unspecified atom stereocenters. The second-order valence-corrected chi connectivity index (χ2v) is 13.6. The van der Waals surface area contributed by atoms with Crippen LogP contribution < -0.4 is 0 Å². The number of nitrogens with zero attached hydrogens (tertiary/aromatic N) is 1. The zero-order valence-electron chi connectivity index (χ0n) is 21.0. The van der Waals surface area contributed by atoms with Crippen LogP contribution >= 0.6 is 0 Å². The minimum atomic E-state index is -0.469. The fraction of sp³-hybridized carbons (Fsp3) is 0.182. The van der Waals surface area contributed by atoms with Crippen molar-refractivity contribution in [3.63, 3.8) is 0 Å². The van der Waals surface area contributed by atoms with Crippen molar-refractivity contribution in [1.29, 1.82) is 0 Å². The first-order valence-corrected chi connectivity index (χ1v) is 17.1. The van der Waals surface area contributed by atoms with Crippen LogP contribution in [0.2, 0.25) is 5.32 Å². The van der Waals surface area contributed by atoms with E-state index in [9.17, 15) is 4.79 Å². The fourth-order valence-corrected chi connectivity index (χ4v) is 10.5. The maximum absolute atomic E-state index is 14.4. The van der Waals surface area contributed by atoms with Gasteiger partial charge in [0, 0.05) is 0 Å². The molecule has 0 saturated heterocycles. The molecule has 37 heavy (non-hydrogen) atoms. The minimum absolute atomic E-state index is 0.158. The van der Waals surface area contributed by atoms with E-state index >= 15 is 0 Å². The molecule has 0 N–H and O–H groups in total. The van der Waals surface area contributed by atoms with Gasteiger partial charge in [0.25, 0.3) is 0 Å². The molecular weight excluding hydrogens is 584 g/mol. The van der Waals surface area contributed by atoms with Crippen molar-refractivity contribution in [2.75, 3.05) is 0 Å². The van der Waals surface area contributed by atoms with Gasteiger partial charge in [0.15, 0.2) is 0 Å². The van der Waals surface area contributed by atoms with Crippen molar-refractivity contribution in [2.45, 2.75) is 29.4 Å². The van der Waals surface area contributed by atoms with Gasteiger partial charge in [-0.25, -0.2) is 0 Å². The van der Waals surface area contributed by atoms with Gasteiger partial charge < -0.3 is 0 Å². The van der Waals surface area contributed by atoms with Gasteiger partial charge in [-0.1, -0.05) is 0 Å². The van der Waals surface area contributed by atoms with Crippen molar-refractivity contribution in [1.82, 2.24) is 4.90 Å². The topological polar surface area (TPSA) is 20.3 Å². The van der Waals surface area contributed by atoms with E-state index in [2.05, 4.69) is 127 Å². The first kappa shape index (κ1) is 25.8. The van der Waals surface area contributed by atoms with Crippen LogP contribution in [0.4, 0.5) is 0 Å². The molecule has 1 aliphatic rings. The number of carbonyl (C=O) groups excluding carboxylic acids is 1. The number of hydrogen-bond donors (Lipinski definition) is 0. The normalized spacial score (nSPS) is 17.4. The molecule has 4 aromatic rings. The van der Waals surface area contributed by atoms with E-state index in [-0.39, 0.29) is 20.9 Å². The average molecular weight is 616 g/mol. The Morgan fingerprint density at radius 1 is 0.649 bits per heavy atom. The van der Waals surface area contributed by atoms with Crippen LogP contribution in [0, 0.1) is 5.41 Å². The summed E-state index contributed by atoms with van der Waals surface area (Å²) >= 11 is 0.482. The fourth-order valence-electron chi connectivity index (χ4n) is 4.71. The van der Waals surface area contributed by atoms with Gasteiger partial charge in [0.1, 0.15) is 0 Å². The van der Waals surface area contributed by atoms with Gasteiger partial charge in [-0.3, -0.25) is 0 Å². The number of carbonyl (C=O) groups is 1. The zero-order chi connectivity index (χ0) is 25.5. The second-order valence-electron chi connectivity index (χ2n) is 9.51. The Labute approximate surface area is 233 Å². The van der Waals surface area contributed by atoms with Crippen molar-refractivity contribution < 1.29 is 4.79 Å². The van der Waals surface area contributed by atoms with Crippen LogP contribution in [0.3, 0.4) is 0 Å². The summed E-state index contributed by atoms with van der Waals surface area (Å²) in [6.45, 7) is 2.83. The maximum atomic E-state index is 14.4. The molecule has 1 amide bonds. The molecule has 4 aromatic carbocycles. The summed E-state index contributed by atoms with van der Waals surface area (Å²) in [4.78, 5) is 16.5. The number of rotatable bonds is 10. The van der Waals surface area contributed by atoms with Gasteiger partial charge in [-0.05, 0) is 0 Å². The van der Waals surface area contributed by atoms with Gasteiger partial charge in [-0.2, -0.15) is 0 Å². The van der Waals surface area contributed by atoms with Gasteiger partial charge in [0.05, 0.1) is 0 Å². The third kappa shape index (κ3) is 6.00. The van der Waals surface area contributed by atoms with Crippen LogP contribution in [0.15, 0.2) is 126 Å². The molecule has 0 aliphatic carbocycles. The summed E-state index contributed by atoms with van der Waals surface area (Å²) in [5.41, 5.74) is 5.69. The molecule has 1 aliphatic heterocycles. The van der Waals surface area contributed by atoms with Crippen LogP contribution in [-0.2, 0) is 22.0 Å². The molecule has 4 heteroatoms. The predicted molar refractivity (Wildman–Crippen MR) is 155 cm³/mol. The summed E-state index contributed by atoms with van der Waals surface area (Å²) < 4.78 is 1.35. The van der Waals surface area contributed by atoms with E-state index in [1.54, 1.807) is 0 Å².